The van der Waals surface area contributed by atoms with Crippen LogP contribution < -0.4 is 14.8 Å². The molecule has 1 aliphatic rings. The third-order valence-corrected chi connectivity index (χ3v) is 4.47. The number of ether oxygens (including phenoxy) is 3. The van der Waals surface area contributed by atoms with Gasteiger partial charge in [0.2, 0.25) is 0 Å². The Morgan fingerprint density at radius 1 is 1.33 bits per heavy atom. The molecule has 27 heavy (non-hydrogen) atoms. The highest BCUT2D eigenvalue weighted by atomic mass is 16.5. The van der Waals surface area contributed by atoms with E-state index in [2.05, 4.69) is 24.5 Å². The Morgan fingerprint density at radius 3 is 2.59 bits per heavy atom. The summed E-state index contributed by atoms with van der Waals surface area (Å²) in [6.45, 7) is 11.9. The van der Waals surface area contributed by atoms with Crippen LogP contribution in [0.2, 0.25) is 0 Å². The molecule has 0 radical (unpaired) electrons. The van der Waals surface area contributed by atoms with Crippen LogP contribution in [0.5, 0.6) is 11.5 Å². The first-order valence-electron chi connectivity index (χ1n) is 8.94. The van der Waals surface area contributed by atoms with Gasteiger partial charge in [-0.15, -0.1) is 0 Å². The van der Waals surface area contributed by atoms with Gasteiger partial charge in [-0.05, 0) is 38.0 Å². The Balaban J connectivity index is 2.33. The molecule has 1 aromatic rings. The third-order valence-electron chi connectivity index (χ3n) is 4.47. The van der Waals surface area contributed by atoms with Crippen molar-refractivity contribution in [3.05, 3.63) is 49.1 Å². The maximum absolute atomic E-state index is 12.1. The lowest BCUT2D eigenvalue weighted by Crippen LogP contribution is -2.34. The van der Waals surface area contributed by atoms with Gasteiger partial charge in [0.15, 0.2) is 11.5 Å². The summed E-state index contributed by atoms with van der Waals surface area (Å²) >= 11 is 0. The van der Waals surface area contributed by atoms with Gasteiger partial charge in [-0.3, -0.25) is 10.1 Å². The van der Waals surface area contributed by atoms with Crippen molar-refractivity contribution < 1.29 is 19.0 Å². The standard InChI is InChI=1S/C21H26N2O4/c1-5-10-26-17-9-8-15(12-18(17)27-11-6-2)19-21(4,14-22)13-16(23-19)20(24)25-7-3/h5-6,8-9,12,16,19,23H,1-2,7,10-11,13H2,3-4H3. The third kappa shape index (κ3) is 4.69. The van der Waals surface area contributed by atoms with Crippen LogP contribution in [0.1, 0.15) is 31.9 Å². The Kier molecular flexibility index (Phi) is 7.03. The molecule has 6 heteroatoms. The second kappa shape index (κ2) is 9.24. The predicted octanol–water partition coefficient (Wildman–Crippen LogP) is 3.31. The Labute approximate surface area is 160 Å². The maximum atomic E-state index is 12.1. The van der Waals surface area contributed by atoms with Gasteiger partial charge in [-0.1, -0.05) is 31.4 Å². The molecule has 0 amide bonds. The second-order valence-corrected chi connectivity index (χ2v) is 6.54. The van der Waals surface area contributed by atoms with Gasteiger partial charge in [-0.2, -0.15) is 5.26 Å². The number of carbonyl (C=O) groups is 1. The molecule has 6 nitrogen and oxygen atoms in total. The van der Waals surface area contributed by atoms with Gasteiger partial charge in [0.1, 0.15) is 19.3 Å². The molecule has 3 unspecified atom stereocenters. The number of benzene rings is 1. The zero-order chi connectivity index (χ0) is 19.9. The van der Waals surface area contributed by atoms with E-state index in [-0.39, 0.29) is 12.0 Å². The molecule has 1 heterocycles. The van der Waals surface area contributed by atoms with Crippen molar-refractivity contribution in [2.75, 3.05) is 19.8 Å². The van der Waals surface area contributed by atoms with E-state index in [1.807, 2.05) is 19.1 Å². The molecule has 1 saturated heterocycles. The summed E-state index contributed by atoms with van der Waals surface area (Å²) in [7, 11) is 0. The lowest BCUT2D eigenvalue weighted by Gasteiger charge is -2.24. The highest BCUT2D eigenvalue weighted by Crippen LogP contribution is 2.45. The molecule has 1 aliphatic heterocycles. The molecule has 0 bridgehead atoms. The van der Waals surface area contributed by atoms with Crippen molar-refractivity contribution in [2.24, 2.45) is 5.41 Å². The fourth-order valence-electron chi connectivity index (χ4n) is 3.19. The lowest BCUT2D eigenvalue weighted by molar-refractivity contribution is -0.145. The summed E-state index contributed by atoms with van der Waals surface area (Å²) in [6.07, 6.45) is 3.68. The van der Waals surface area contributed by atoms with E-state index in [4.69, 9.17) is 14.2 Å². The van der Waals surface area contributed by atoms with Crippen LogP contribution in [-0.2, 0) is 9.53 Å². The molecule has 0 aromatic heterocycles. The van der Waals surface area contributed by atoms with Gasteiger partial charge < -0.3 is 14.2 Å². The maximum Gasteiger partial charge on any atom is 0.323 e. The minimum atomic E-state index is -0.753. The molecule has 2 rings (SSSR count). The van der Waals surface area contributed by atoms with Crippen LogP contribution in [0.15, 0.2) is 43.5 Å². The predicted molar refractivity (Wildman–Crippen MR) is 102 cm³/mol. The average Bonchev–Trinajstić information content (AvgIpc) is 3.03. The van der Waals surface area contributed by atoms with Gasteiger partial charge in [0.25, 0.3) is 0 Å². The molecule has 1 N–H and O–H groups in total. The first-order valence-corrected chi connectivity index (χ1v) is 8.94. The number of esters is 1. The smallest absolute Gasteiger partial charge is 0.323 e. The van der Waals surface area contributed by atoms with Crippen molar-refractivity contribution in [2.45, 2.75) is 32.4 Å². The van der Waals surface area contributed by atoms with E-state index < -0.39 is 11.5 Å². The van der Waals surface area contributed by atoms with Crippen molar-refractivity contribution in [1.82, 2.24) is 5.32 Å². The first kappa shape index (κ1) is 20.5. The van der Waals surface area contributed by atoms with Crippen LogP contribution in [0, 0.1) is 16.7 Å². The summed E-state index contributed by atoms with van der Waals surface area (Å²) in [6, 6.07) is 7.01. The number of nitrogens with one attached hydrogen (secondary N) is 1. The van der Waals surface area contributed by atoms with Crippen LogP contribution in [0.25, 0.3) is 0 Å². The van der Waals surface area contributed by atoms with Crippen molar-refractivity contribution in [1.29, 1.82) is 5.26 Å². The quantitative estimate of drug-likeness (QED) is 0.531. The van der Waals surface area contributed by atoms with Crippen LogP contribution >= 0.6 is 0 Å². The molecule has 0 saturated carbocycles. The van der Waals surface area contributed by atoms with Gasteiger partial charge in [0.05, 0.1) is 24.1 Å². The topological polar surface area (TPSA) is 80.6 Å². The van der Waals surface area contributed by atoms with Crippen molar-refractivity contribution in [3.8, 4) is 17.6 Å². The molecular formula is C21H26N2O4. The molecule has 144 valence electrons. The summed E-state index contributed by atoms with van der Waals surface area (Å²) in [5.41, 5.74) is 0.0900. The monoisotopic (exact) mass is 370 g/mol. The fraction of sp³-hybridized carbons (Fsp3) is 0.429. The summed E-state index contributed by atoms with van der Waals surface area (Å²) in [5.74, 6) is 0.797. The molecular weight excluding hydrogens is 344 g/mol. The summed E-state index contributed by atoms with van der Waals surface area (Å²) < 4.78 is 16.5. The fourth-order valence-corrected chi connectivity index (χ4v) is 3.19. The van der Waals surface area contributed by atoms with Crippen LogP contribution in [0.4, 0.5) is 0 Å². The molecule has 1 fully saturated rings. The number of hydrogen-bond acceptors (Lipinski definition) is 6. The number of nitrogens with zero attached hydrogens (tertiary/aromatic N) is 1. The molecule has 1 aromatic carbocycles. The van der Waals surface area contributed by atoms with Gasteiger partial charge in [0, 0.05) is 0 Å². The largest absolute Gasteiger partial charge is 0.486 e. The van der Waals surface area contributed by atoms with Crippen LogP contribution in [0.3, 0.4) is 0 Å². The van der Waals surface area contributed by atoms with E-state index in [1.165, 1.54) is 0 Å². The minimum absolute atomic E-state index is 0.305. The number of nitriles is 1. The minimum Gasteiger partial charge on any atom is -0.486 e. The highest BCUT2D eigenvalue weighted by molar-refractivity contribution is 5.76. The van der Waals surface area contributed by atoms with Gasteiger partial charge in [-0.25, -0.2) is 0 Å². The van der Waals surface area contributed by atoms with E-state index >= 15 is 0 Å². The lowest BCUT2D eigenvalue weighted by atomic mass is 9.80. The van der Waals surface area contributed by atoms with E-state index in [9.17, 15) is 10.1 Å². The van der Waals surface area contributed by atoms with Crippen LogP contribution in [-0.4, -0.2) is 31.8 Å². The number of hydrogen-bond donors (Lipinski definition) is 1. The normalized spacial score (nSPS) is 23.9. The van der Waals surface area contributed by atoms with E-state index in [1.54, 1.807) is 25.1 Å². The van der Waals surface area contributed by atoms with Gasteiger partial charge >= 0.3 is 5.97 Å². The van der Waals surface area contributed by atoms with Crippen molar-refractivity contribution >= 4 is 5.97 Å². The second-order valence-electron chi connectivity index (χ2n) is 6.54. The zero-order valence-corrected chi connectivity index (χ0v) is 15.9. The van der Waals surface area contributed by atoms with E-state index in [0.717, 1.165) is 5.56 Å². The Bertz CT molecular complexity index is 740. The average molecular weight is 370 g/mol. The highest BCUT2D eigenvalue weighted by Gasteiger charge is 2.48. The van der Waals surface area contributed by atoms with Crippen molar-refractivity contribution in [3.63, 3.8) is 0 Å². The first-order chi connectivity index (χ1) is 13.0. The molecule has 3 atom stereocenters. The Morgan fingerprint density at radius 2 is 2.00 bits per heavy atom. The van der Waals surface area contributed by atoms with E-state index in [0.29, 0.717) is 37.7 Å². The SMILES string of the molecule is C=CCOc1ccc(C2NC(C(=O)OCC)CC2(C)C#N)cc1OCC=C. The summed E-state index contributed by atoms with van der Waals surface area (Å²) in [4.78, 5) is 12.1. The molecule has 0 aliphatic carbocycles. The molecule has 0 spiro atoms. The summed E-state index contributed by atoms with van der Waals surface area (Å²) in [5, 5.41) is 13.0. The number of rotatable bonds is 9. The number of carbonyl (C=O) groups excluding carboxylic acids is 1. The zero-order valence-electron chi connectivity index (χ0n) is 15.9. The Hall–Kier alpha value is -2.78.